The Balaban J connectivity index is 3.18. The van der Waals surface area contributed by atoms with Gasteiger partial charge in [0.2, 0.25) is 0 Å². The van der Waals surface area contributed by atoms with Crippen LogP contribution in [0.4, 0.5) is 0 Å². The maximum absolute atomic E-state index is 11.5. The third-order valence-electron chi connectivity index (χ3n) is 4.56. The van der Waals surface area contributed by atoms with Crippen LogP contribution in [-0.2, 0) is 4.79 Å². The van der Waals surface area contributed by atoms with Gasteiger partial charge in [0, 0.05) is 14.1 Å². The molecule has 138 valence electrons. The number of hydrogen-bond donors (Lipinski definition) is 1. The monoisotopic (exact) mass is 327 g/mol. The minimum atomic E-state index is -0.803. The van der Waals surface area contributed by atoms with Crippen molar-refractivity contribution in [2.24, 2.45) is 0 Å². The Morgan fingerprint density at radius 1 is 0.739 bits per heavy atom. The van der Waals surface area contributed by atoms with Crippen LogP contribution in [0.1, 0.15) is 103 Å². The van der Waals surface area contributed by atoms with Crippen LogP contribution in [0.2, 0.25) is 0 Å². The number of nitrogens with zero attached hydrogens (tertiary/aromatic N) is 1. The molecular formula is C20H41NO2. The molecule has 1 amide bonds. The van der Waals surface area contributed by atoms with Gasteiger partial charge in [0.25, 0.3) is 5.91 Å². The molecule has 0 saturated carbocycles. The molecule has 0 radical (unpaired) electrons. The zero-order chi connectivity index (χ0) is 17.3. The molecule has 0 aliphatic rings. The van der Waals surface area contributed by atoms with Gasteiger partial charge in [-0.3, -0.25) is 4.79 Å². The van der Waals surface area contributed by atoms with Crippen LogP contribution in [0.3, 0.4) is 0 Å². The summed E-state index contributed by atoms with van der Waals surface area (Å²) in [5.74, 6) is -0.167. The standard InChI is InChI=1S/C20H41NO2/c1-4-5-6-7-8-9-10-11-12-13-14-15-16-17-18-19(22)20(23)21(2)3/h19,22H,4-18H2,1-3H3. The number of carbonyl (C=O) groups is 1. The third-order valence-corrected chi connectivity index (χ3v) is 4.56. The lowest BCUT2D eigenvalue weighted by molar-refractivity contribution is -0.137. The number of amides is 1. The number of carbonyl (C=O) groups excluding carboxylic acids is 1. The average molecular weight is 328 g/mol. The number of unbranched alkanes of at least 4 members (excludes halogenated alkanes) is 13. The van der Waals surface area contributed by atoms with E-state index < -0.39 is 6.10 Å². The molecule has 0 heterocycles. The summed E-state index contributed by atoms with van der Waals surface area (Å²) in [7, 11) is 3.38. The molecule has 0 spiro atoms. The highest BCUT2D eigenvalue weighted by Gasteiger charge is 2.15. The van der Waals surface area contributed by atoms with Crippen LogP contribution in [0.15, 0.2) is 0 Å². The van der Waals surface area contributed by atoms with Crippen LogP contribution in [-0.4, -0.2) is 36.1 Å². The fourth-order valence-electron chi connectivity index (χ4n) is 2.95. The van der Waals surface area contributed by atoms with Crippen LogP contribution in [0.5, 0.6) is 0 Å². The van der Waals surface area contributed by atoms with Crippen molar-refractivity contribution in [3.8, 4) is 0 Å². The third kappa shape index (κ3) is 14.7. The fourth-order valence-corrected chi connectivity index (χ4v) is 2.95. The molecule has 0 saturated heterocycles. The lowest BCUT2D eigenvalue weighted by atomic mass is 10.0. The molecular weight excluding hydrogens is 286 g/mol. The highest BCUT2D eigenvalue weighted by molar-refractivity contribution is 5.79. The first-order valence-corrected chi connectivity index (χ1v) is 9.98. The first-order chi connectivity index (χ1) is 11.1. The Kier molecular flexibility index (Phi) is 15.9. The van der Waals surface area contributed by atoms with Gasteiger partial charge >= 0.3 is 0 Å². The lowest BCUT2D eigenvalue weighted by Gasteiger charge is -2.15. The van der Waals surface area contributed by atoms with E-state index in [1.165, 1.54) is 81.9 Å². The largest absolute Gasteiger partial charge is 0.383 e. The first kappa shape index (κ1) is 22.4. The molecule has 0 rings (SSSR count). The maximum atomic E-state index is 11.5. The average Bonchev–Trinajstić information content (AvgIpc) is 2.54. The zero-order valence-electron chi connectivity index (χ0n) is 16.0. The second-order valence-corrected chi connectivity index (χ2v) is 7.13. The number of rotatable bonds is 16. The van der Waals surface area contributed by atoms with Gasteiger partial charge in [0.15, 0.2) is 0 Å². The molecule has 0 bridgehead atoms. The molecule has 0 aromatic heterocycles. The van der Waals surface area contributed by atoms with Crippen molar-refractivity contribution in [1.29, 1.82) is 0 Å². The van der Waals surface area contributed by atoms with E-state index in [0.717, 1.165) is 12.8 Å². The summed E-state index contributed by atoms with van der Waals surface area (Å²) in [5.41, 5.74) is 0. The zero-order valence-corrected chi connectivity index (χ0v) is 16.0. The molecule has 0 aromatic rings. The first-order valence-electron chi connectivity index (χ1n) is 9.98. The van der Waals surface area contributed by atoms with E-state index >= 15 is 0 Å². The van der Waals surface area contributed by atoms with Crippen LogP contribution in [0.25, 0.3) is 0 Å². The van der Waals surface area contributed by atoms with E-state index in [1.54, 1.807) is 14.1 Å². The van der Waals surface area contributed by atoms with Gasteiger partial charge in [-0.1, -0.05) is 96.8 Å². The normalized spacial score (nSPS) is 12.3. The second-order valence-electron chi connectivity index (χ2n) is 7.13. The topological polar surface area (TPSA) is 40.5 Å². The van der Waals surface area contributed by atoms with Crippen molar-refractivity contribution in [3.63, 3.8) is 0 Å². The van der Waals surface area contributed by atoms with Gasteiger partial charge in [0.05, 0.1) is 0 Å². The van der Waals surface area contributed by atoms with Crippen molar-refractivity contribution in [2.45, 2.75) is 109 Å². The summed E-state index contributed by atoms with van der Waals surface area (Å²) in [6, 6.07) is 0. The number of aliphatic hydroxyl groups excluding tert-OH is 1. The van der Waals surface area contributed by atoms with Crippen molar-refractivity contribution in [3.05, 3.63) is 0 Å². The minimum absolute atomic E-state index is 0.167. The molecule has 0 aromatic carbocycles. The Bertz CT molecular complexity index is 266. The molecule has 1 unspecified atom stereocenters. The lowest BCUT2D eigenvalue weighted by Crippen LogP contribution is -2.33. The highest BCUT2D eigenvalue weighted by atomic mass is 16.3. The maximum Gasteiger partial charge on any atom is 0.250 e. The summed E-state index contributed by atoms with van der Waals surface area (Å²) < 4.78 is 0. The Morgan fingerprint density at radius 3 is 1.43 bits per heavy atom. The van der Waals surface area contributed by atoms with Crippen molar-refractivity contribution in [1.82, 2.24) is 4.90 Å². The van der Waals surface area contributed by atoms with Crippen LogP contribution in [0, 0.1) is 0 Å². The molecule has 0 aliphatic heterocycles. The van der Waals surface area contributed by atoms with Gasteiger partial charge < -0.3 is 10.0 Å². The SMILES string of the molecule is CCCCCCCCCCCCCCCCC(O)C(=O)N(C)C. The number of aliphatic hydroxyl groups is 1. The summed E-state index contributed by atoms with van der Waals surface area (Å²) in [4.78, 5) is 13.0. The fraction of sp³-hybridized carbons (Fsp3) is 0.950. The summed E-state index contributed by atoms with van der Waals surface area (Å²) in [6.45, 7) is 2.27. The number of likely N-dealkylation sites (N-methyl/N-ethyl adjacent to an activating group) is 1. The second kappa shape index (κ2) is 16.3. The quantitative estimate of drug-likeness (QED) is 0.390. The van der Waals surface area contributed by atoms with E-state index in [2.05, 4.69) is 6.92 Å². The summed E-state index contributed by atoms with van der Waals surface area (Å²) in [6.07, 6.45) is 18.4. The smallest absolute Gasteiger partial charge is 0.250 e. The Hall–Kier alpha value is -0.570. The molecule has 3 heteroatoms. The van der Waals surface area contributed by atoms with Gasteiger partial charge in [-0.2, -0.15) is 0 Å². The van der Waals surface area contributed by atoms with Crippen LogP contribution >= 0.6 is 0 Å². The molecule has 1 N–H and O–H groups in total. The Labute approximate surface area is 144 Å². The van der Waals surface area contributed by atoms with Gasteiger partial charge in [-0.05, 0) is 6.42 Å². The van der Waals surface area contributed by atoms with Crippen molar-refractivity contribution >= 4 is 5.91 Å². The predicted octanol–water partition coefficient (Wildman–Crippen LogP) is 5.31. The van der Waals surface area contributed by atoms with E-state index in [1.807, 2.05) is 0 Å². The summed E-state index contributed by atoms with van der Waals surface area (Å²) in [5, 5.41) is 9.69. The molecule has 0 aliphatic carbocycles. The van der Waals surface area contributed by atoms with E-state index in [0.29, 0.717) is 6.42 Å². The molecule has 3 nitrogen and oxygen atoms in total. The molecule has 23 heavy (non-hydrogen) atoms. The van der Waals surface area contributed by atoms with Crippen molar-refractivity contribution in [2.75, 3.05) is 14.1 Å². The minimum Gasteiger partial charge on any atom is -0.383 e. The van der Waals surface area contributed by atoms with E-state index in [9.17, 15) is 9.90 Å². The summed E-state index contributed by atoms with van der Waals surface area (Å²) >= 11 is 0. The van der Waals surface area contributed by atoms with Gasteiger partial charge in [0.1, 0.15) is 6.10 Å². The number of hydrogen-bond acceptors (Lipinski definition) is 2. The molecule has 0 fully saturated rings. The molecule has 1 atom stereocenters. The van der Waals surface area contributed by atoms with E-state index in [4.69, 9.17) is 0 Å². The highest BCUT2D eigenvalue weighted by Crippen LogP contribution is 2.13. The Morgan fingerprint density at radius 2 is 1.09 bits per heavy atom. The van der Waals surface area contributed by atoms with Gasteiger partial charge in [-0.15, -0.1) is 0 Å². The predicted molar refractivity (Wildman–Crippen MR) is 99.6 cm³/mol. The van der Waals surface area contributed by atoms with Crippen LogP contribution < -0.4 is 0 Å². The van der Waals surface area contributed by atoms with E-state index in [-0.39, 0.29) is 5.91 Å². The van der Waals surface area contributed by atoms with Crippen molar-refractivity contribution < 1.29 is 9.90 Å². The van der Waals surface area contributed by atoms with Gasteiger partial charge in [-0.25, -0.2) is 0 Å².